The second-order valence-corrected chi connectivity index (χ2v) is 7.82. The number of halogens is 3. The minimum Gasteiger partial charge on any atom is -0.316 e. The zero-order valence-corrected chi connectivity index (χ0v) is 14.6. The van der Waals surface area contributed by atoms with Crippen LogP contribution in [0.2, 0.25) is 0 Å². The lowest BCUT2D eigenvalue weighted by atomic mass is 9.61. The van der Waals surface area contributed by atoms with Gasteiger partial charge in [0, 0.05) is 12.0 Å². The average Bonchev–Trinajstić information content (AvgIpc) is 2.48. The quantitative estimate of drug-likeness (QED) is 0.683. The normalized spacial score (nSPS) is 19.0. The van der Waals surface area contributed by atoms with Crippen LogP contribution >= 0.6 is 0 Å². The highest BCUT2D eigenvalue weighted by Gasteiger charge is 2.46. The van der Waals surface area contributed by atoms with Crippen molar-refractivity contribution in [3.63, 3.8) is 0 Å². The lowest BCUT2D eigenvalue weighted by Gasteiger charge is -2.46. The predicted octanol–water partition coefficient (Wildman–Crippen LogP) is 5.25. The van der Waals surface area contributed by atoms with E-state index in [4.69, 9.17) is 6.57 Å². The van der Waals surface area contributed by atoms with Gasteiger partial charge < -0.3 is 4.85 Å². The third-order valence-corrected chi connectivity index (χ3v) is 5.47. The average molecular weight is 338 g/mol. The van der Waals surface area contributed by atoms with Gasteiger partial charge in [0.15, 0.2) is 0 Å². The predicted molar refractivity (Wildman–Crippen MR) is 89.3 cm³/mol. The van der Waals surface area contributed by atoms with Crippen LogP contribution in [-0.2, 0) is 12.7 Å². The molecular weight excluding hydrogens is 313 g/mol. The van der Waals surface area contributed by atoms with Gasteiger partial charge in [-0.25, -0.2) is 6.57 Å². The van der Waals surface area contributed by atoms with Crippen molar-refractivity contribution >= 4 is 0 Å². The maximum absolute atomic E-state index is 12.6. The molecule has 5 heteroatoms. The van der Waals surface area contributed by atoms with Crippen LogP contribution in [0.5, 0.6) is 0 Å². The summed E-state index contributed by atoms with van der Waals surface area (Å²) in [7, 11) is 0. The van der Waals surface area contributed by atoms with E-state index in [0.717, 1.165) is 43.6 Å². The highest BCUT2D eigenvalue weighted by atomic mass is 19.4. The van der Waals surface area contributed by atoms with Gasteiger partial charge in [0.1, 0.15) is 0 Å². The van der Waals surface area contributed by atoms with Crippen molar-refractivity contribution in [1.29, 1.82) is 0 Å². The van der Waals surface area contributed by atoms with Crippen LogP contribution < -0.4 is 0 Å². The molecule has 1 aliphatic rings. The zero-order chi connectivity index (χ0) is 18.0. The zero-order valence-electron chi connectivity index (χ0n) is 14.6. The summed E-state index contributed by atoms with van der Waals surface area (Å²) in [5.74, 6) is 0. The summed E-state index contributed by atoms with van der Waals surface area (Å²) in [6.45, 7) is 16.8. The first-order valence-corrected chi connectivity index (χ1v) is 8.29. The molecule has 0 unspecified atom stereocenters. The molecule has 1 aliphatic heterocycles. The summed E-state index contributed by atoms with van der Waals surface area (Å²) in [5, 5.41) is 0. The molecule has 0 bridgehead atoms. The fourth-order valence-corrected chi connectivity index (χ4v) is 3.49. The molecule has 0 saturated carbocycles. The van der Waals surface area contributed by atoms with Gasteiger partial charge in [-0.15, -0.1) is 0 Å². The van der Waals surface area contributed by atoms with E-state index in [2.05, 4.69) is 30.5 Å². The molecular formula is C19H25F3N2. The first-order chi connectivity index (χ1) is 11.1. The molecule has 1 aromatic carbocycles. The SMILES string of the molecule is [C-]#[N+]CC1(C(C)(C)C)CCN(Cc2ccc(C(F)(F)F)cc2)CC1. The van der Waals surface area contributed by atoms with Crippen molar-refractivity contribution < 1.29 is 13.2 Å². The van der Waals surface area contributed by atoms with Crippen molar-refractivity contribution in [2.75, 3.05) is 19.6 Å². The summed E-state index contributed by atoms with van der Waals surface area (Å²) < 4.78 is 37.8. The maximum Gasteiger partial charge on any atom is 0.416 e. The van der Waals surface area contributed by atoms with Gasteiger partial charge in [-0.2, -0.15) is 13.2 Å². The van der Waals surface area contributed by atoms with Crippen molar-refractivity contribution in [1.82, 2.24) is 4.90 Å². The van der Waals surface area contributed by atoms with Crippen LogP contribution in [-0.4, -0.2) is 24.5 Å². The Morgan fingerprint density at radius 2 is 1.62 bits per heavy atom. The van der Waals surface area contributed by atoms with E-state index in [0.29, 0.717) is 13.1 Å². The Labute approximate surface area is 142 Å². The van der Waals surface area contributed by atoms with Crippen LogP contribution in [0.3, 0.4) is 0 Å². The molecule has 2 nitrogen and oxygen atoms in total. The van der Waals surface area contributed by atoms with E-state index in [-0.39, 0.29) is 10.8 Å². The summed E-state index contributed by atoms with van der Waals surface area (Å²) >= 11 is 0. The fourth-order valence-electron chi connectivity index (χ4n) is 3.49. The third-order valence-electron chi connectivity index (χ3n) is 5.47. The summed E-state index contributed by atoms with van der Waals surface area (Å²) in [6.07, 6.45) is -2.37. The molecule has 0 N–H and O–H groups in total. The molecule has 24 heavy (non-hydrogen) atoms. The Bertz CT molecular complexity index is 583. The summed E-state index contributed by atoms with van der Waals surface area (Å²) in [4.78, 5) is 5.94. The Balaban J connectivity index is 1.99. The first kappa shape index (κ1) is 18.8. The second kappa shape index (κ2) is 6.76. The fraction of sp³-hybridized carbons (Fsp3) is 0.632. The Morgan fingerprint density at radius 3 is 2.04 bits per heavy atom. The number of nitrogens with zero attached hydrogens (tertiary/aromatic N) is 2. The largest absolute Gasteiger partial charge is 0.416 e. The molecule has 2 rings (SSSR count). The molecule has 1 heterocycles. The third kappa shape index (κ3) is 4.10. The number of alkyl halides is 3. The van der Waals surface area contributed by atoms with Crippen molar-refractivity contribution in [2.45, 2.75) is 46.3 Å². The Hall–Kier alpha value is -1.54. The van der Waals surface area contributed by atoms with E-state index < -0.39 is 11.7 Å². The molecule has 0 radical (unpaired) electrons. The topological polar surface area (TPSA) is 7.60 Å². The Kier molecular flexibility index (Phi) is 5.29. The molecule has 1 saturated heterocycles. The van der Waals surface area contributed by atoms with Crippen LogP contribution in [0.15, 0.2) is 24.3 Å². The van der Waals surface area contributed by atoms with Crippen molar-refractivity contribution in [3.05, 3.63) is 46.8 Å². The minimum atomic E-state index is -4.28. The lowest BCUT2D eigenvalue weighted by Crippen LogP contribution is -2.47. The molecule has 1 aromatic rings. The molecule has 0 aromatic heterocycles. The molecule has 0 aliphatic carbocycles. The molecule has 0 atom stereocenters. The number of benzene rings is 1. The Morgan fingerprint density at radius 1 is 1.08 bits per heavy atom. The van der Waals surface area contributed by atoms with Gasteiger partial charge in [-0.3, -0.25) is 4.90 Å². The standard InChI is InChI=1S/C19H25F3N2/c1-17(2,3)18(14-23-4)9-11-24(12-10-18)13-15-5-7-16(8-6-15)19(20,21)22/h5-8H,9-14H2,1-3H3. The van der Waals surface area contributed by atoms with Gasteiger partial charge in [-0.05, 0) is 49.0 Å². The van der Waals surface area contributed by atoms with Crippen LogP contribution in [0.25, 0.3) is 4.85 Å². The van der Waals surface area contributed by atoms with Gasteiger partial charge >= 0.3 is 6.18 Å². The molecule has 0 spiro atoms. The van der Waals surface area contributed by atoms with Crippen LogP contribution in [0.4, 0.5) is 13.2 Å². The minimum absolute atomic E-state index is 0.0331. The van der Waals surface area contributed by atoms with Gasteiger partial charge in [-0.1, -0.05) is 32.9 Å². The van der Waals surface area contributed by atoms with E-state index in [1.165, 1.54) is 0 Å². The lowest BCUT2D eigenvalue weighted by molar-refractivity contribution is -0.137. The van der Waals surface area contributed by atoms with E-state index in [1.807, 2.05) is 0 Å². The van der Waals surface area contributed by atoms with Crippen LogP contribution in [0, 0.1) is 17.4 Å². The van der Waals surface area contributed by atoms with Gasteiger partial charge in [0.2, 0.25) is 6.54 Å². The van der Waals surface area contributed by atoms with Gasteiger partial charge in [0.25, 0.3) is 0 Å². The summed E-state index contributed by atoms with van der Waals surface area (Å²) in [5.41, 5.74) is 0.411. The molecule has 0 amide bonds. The number of hydrogen-bond acceptors (Lipinski definition) is 1. The molecule has 132 valence electrons. The summed E-state index contributed by atoms with van der Waals surface area (Å²) in [6, 6.07) is 5.43. The van der Waals surface area contributed by atoms with Crippen LogP contribution in [0.1, 0.15) is 44.7 Å². The van der Waals surface area contributed by atoms with E-state index in [1.54, 1.807) is 12.1 Å². The monoisotopic (exact) mass is 338 g/mol. The number of hydrogen-bond donors (Lipinski definition) is 0. The van der Waals surface area contributed by atoms with Crippen molar-refractivity contribution in [3.8, 4) is 0 Å². The van der Waals surface area contributed by atoms with Gasteiger partial charge in [0.05, 0.1) is 5.56 Å². The maximum atomic E-state index is 12.6. The number of likely N-dealkylation sites (tertiary alicyclic amines) is 1. The van der Waals surface area contributed by atoms with Crippen molar-refractivity contribution in [2.24, 2.45) is 10.8 Å². The van der Waals surface area contributed by atoms with E-state index in [9.17, 15) is 13.2 Å². The number of piperidine rings is 1. The van der Waals surface area contributed by atoms with E-state index >= 15 is 0 Å². The first-order valence-electron chi connectivity index (χ1n) is 8.29. The molecule has 1 fully saturated rings. The highest BCUT2D eigenvalue weighted by molar-refractivity contribution is 5.24. The smallest absolute Gasteiger partial charge is 0.316 e. The number of rotatable bonds is 3. The second-order valence-electron chi connectivity index (χ2n) is 7.82. The highest BCUT2D eigenvalue weighted by Crippen LogP contribution is 2.47.